The van der Waals surface area contributed by atoms with Gasteiger partial charge in [-0.2, -0.15) is 0 Å². The number of aromatic nitrogens is 1. The minimum Gasteiger partial charge on any atom is -0.478 e. The Kier molecular flexibility index (Phi) is 4.77. The lowest BCUT2D eigenvalue weighted by molar-refractivity contribution is 0.0697. The molecule has 0 spiro atoms. The zero-order valence-electron chi connectivity index (χ0n) is 11.5. The van der Waals surface area contributed by atoms with Crippen molar-refractivity contribution >= 4 is 11.8 Å². The molecule has 1 aromatic rings. The third-order valence-electron chi connectivity index (χ3n) is 3.71. The number of carboxylic acids is 1. The molecule has 4 nitrogen and oxygen atoms in total. The van der Waals surface area contributed by atoms with Gasteiger partial charge in [-0.3, -0.25) is 0 Å². The number of rotatable bonds is 3. The summed E-state index contributed by atoms with van der Waals surface area (Å²) in [6.45, 7) is 1.88. The fourth-order valence-electron chi connectivity index (χ4n) is 2.63. The number of carboxylic acid groups (broad SMARTS) is 1. The molecule has 1 fully saturated rings. The predicted octanol–water partition coefficient (Wildman–Crippen LogP) is 3.61. The van der Waals surface area contributed by atoms with Crippen molar-refractivity contribution in [3.8, 4) is 0 Å². The van der Waals surface area contributed by atoms with Crippen LogP contribution in [0, 0.1) is 6.92 Å². The molecule has 1 aromatic heterocycles. The summed E-state index contributed by atoms with van der Waals surface area (Å²) >= 11 is 0. The van der Waals surface area contributed by atoms with Crippen LogP contribution in [0.25, 0.3) is 0 Å². The number of hydrogen-bond acceptors (Lipinski definition) is 3. The minimum absolute atomic E-state index is 0.271. The van der Waals surface area contributed by atoms with Crippen molar-refractivity contribution in [2.45, 2.75) is 57.9 Å². The molecule has 0 bridgehead atoms. The Balaban J connectivity index is 2.11. The molecule has 104 valence electrons. The SMILES string of the molecule is Cc1ccc(C(=O)O)c(NC2CCCCCCC2)n1. The van der Waals surface area contributed by atoms with Gasteiger partial charge in [0.05, 0.1) is 0 Å². The molecular weight excluding hydrogens is 240 g/mol. The molecule has 1 saturated carbocycles. The number of nitrogens with zero attached hydrogens (tertiary/aromatic N) is 1. The maximum atomic E-state index is 11.2. The summed E-state index contributed by atoms with van der Waals surface area (Å²) in [4.78, 5) is 15.6. The van der Waals surface area contributed by atoms with Crippen LogP contribution in [0.2, 0.25) is 0 Å². The van der Waals surface area contributed by atoms with E-state index >= 15 is 0 Å². The van der Waals surface area contributed by atoms with Crippen molar-refractivity contribution in [3.63, 3.8) is 0 Å². The average Bonchev–Trinajstić information content (AvgIpc) is 2.32. The van der Waals surface area contributed by atoms with E-state index in [1.54, 1.807) is 12.1 Å². The highest BCUT2D eigenvalue weighted by Gasteiger charge is 2.16. The topological polar surface area (TPSA) is 62.2 Å². The van der Waals surface area contributed by atoms with Gasteiger partial charge in [-0.05, 0) is 31.9 Å². The summed E-state index contributed by atoms with van der Waals surface area (Å²) in [7, 11) is 0. The number of aromatic carboxylic acids is 1. The monoisotopic (exact) mass is 262 g/mol. The summed E-state index contributed by atoms with van der Waals surface area (Å²) in [5, 5.41) is 12.6. The van der Waals surface area contributed by atoms with Crippen LogP contribution in [-0.2, 0) is 0 Å². The van der Waals surface area contributed by atoms with Gasteiger partial charge in [0.2, 0.25) is 0 Å². The first-order valence-electron chi connectivity index (χ1n) is 7.14. The van der Waals surface area contributed by atoms with Gasteiger partial charge < -0.3 is 10.4 Å². The summed E-state index contributed by atoms with van der Waals surface area (Å²) in [5.74, 6) is -0.390. The molecule has 0 unspecified atom stereocenters. The fraction of sp³-hybridized carbons (Fsp3) is 0.600. The van der Waals surface area contributed by atoms with E-state index in [0.717, 1.165) is 18.5 Å². The smallest absolute Gasteiger partial charge is 0.339 e. The van der Waals surface area contributed by atoms with E-state index in [1.807, 2.05) is 6.92 Å². The highest BCUT2D eigenvalue weighted by atomic mass is 16.4. The molecule has 1 heterocycles. The van der Waals surface area contributed by atoms with Gasteiger partial charge in [0, 0.05) is 11.7 Å². The number of hydrogen-bond donors (Lipinski definition) is 2. The van der Waals surface area contributed by atoms with E-state index in [0.29, 0.717) is 11.9 Å². The van der Waals surface area contributed by atoms with Crippen LogP contribution in [0.1, 0.15) is 61.0 Å². The number of pyridine rings is 1. The van der Waals surface area contributed by atoms with E-state index in [9.17, 15) is 9.90 Å². The van der Waals surface area contributed by atoms with Crippen LogP contribution < -0.4 is 5.32 Å². The molecule has 2 rings (SSSR count). The molecular formula is C15H22N2O2. The van der Waals surface area contributed by atoms with E-state index in [2.05, 4.69) is 10.3 Å². The van der Waals surface area contributed by atoms with Gasteiger partial charge in [-0.25, -0.2) is 9.78 Å². The predicted molar refractivity (Wildman–Crippen MR) is 75.7 cm³/mol. The quantitative estimate of drug-likeness (QED) is 0.873. The summed E-state index contributed by atoms with van der Waals surface area (Å²) < 4.78 is 0. The maximum absolute atomic E-state index is 11.2. The first-order chi connectivity index (χ1) is 9.16. The van der Waals surface area contributed by atoms with Gasteiger partial charge in [-0.15, -0.1) is 0 Å². The first-order valence-corrected chi connectivity index (χ1v) is 7.14. The van der Waals surface area contributed by atoms with Gasteiger partial charge in [0.15, 0.2) is 0 Å². The van der Waals surface area contributed by atoms with E-state index < -0.39 is 5.97 Å². The third-order valence-corrected chi connectivity index (χ3v) is 3.71. The minimum atomic E-state index is -0.916. The molecule has 0 amide bonds. The normalized spacial score (nSPS) is 17.5. The second kappa shape index (κ2) is 6.55. The van der Waals surface area contributed by atoms with Gasteiger partial charge in [0.1, 0.15) is 11.4 Å². The molecule has 0 aromatic carbocycles. The standard InChI is InChI=1S/C15H22N2O2/c1-11-9-10-13(15(18)19)14(16-11)17-12-7-5-3-2-4-6-8-12/h9-10,12H,2-8H2,1H3,(H,16,17)(H,18,19). The highest BCUT2D eigenvalue weighted by Crippen LogP contribution is 2.22. The molecule has 1 aliphatic carbocycles. The Morgan fingerprint density at radius 2 is 1.84 bits per heavy atom. The number of nitrogens with one attached hydrogen (secondary N) is 1. The maximum Gasteiger partial charge on any atom is 0.339 e. The van der Waals surface area contributed by atoms with E-state index in [1.165, 1.54) is 32.1 Å². The van der Waals surface area contributed by atoms with Crippen LogP contribution in [0.4, 0.5) is 5.82 Å². The van der Waals surface area contributed by atoms with Gasteiger partial charge in [-0.1, -0.05) is 32.1 Å². The zero-order chi connectivity index (χ0) is 13.7. The van der Waals surface area contributed by atoms with Crippen LogP contribution in [0.5, 0.6) is 0 Å². The van der Waals surface area contributed by atoms with Crippen molar-refractivity contribution < 1.29 is 9.90 Å². The van der Waals surface area contributed by atoms with Crippen molar-refractivity contribution in [1.82, 2.24) is 4.98 Å². The fourth-order valence-corrected chi connectivity index (χ4v) is 2.63. The van der Waals surface area contributed by atoms with Crippen molar-refractivity contribution in [2.75, 3.05) is 5.32 Å². The highest BCUT2D eigenvalue weighted by molar-refractivity contribution is 5.93. The molecule has 0 radical (unpaired) electrons. The van der Waals surface area contributed by atoms with Crippen molar-refractivity contribution in [2.24, 2.45) is 0 Å². The number of anilines is 1. The molecule has 0 saturated heterocycles. The molecule has 2 N–H and O–H groups in total. The summed E-state index contributed by atoms with van der Waals surface area (Å²) in [6, 6.07) is 3.73. The Bertz CT molecular complexity index is 438. The number of aryl methyl sites for hydroxylation is 1. The van der Waals surface area contributed by atoms with Gasteiger partial charge >= 0.3 is 5.97 Å². The zero-order valence-corrected chi connectivity index (χ0v) is 11.5. The van der Waals surface area contributed by atoms with E-state index in [4.69, 9.17) is 0 Å². The molecule has 19 heavy (non-hydrogen) atoms. The third kappa shape index (κ3) is 3.94. The Labute approximate surface area is 114 Å². The van der Waals surface area contributed by atoms with Crippen LogP contribution >= 0.6 is 0 Å². The van der Waals surface area contributed by atoms with Crippen LogP contribution in [-0.4, -0.2) is 22.1 Å². The Hall–Kier alpha value is -1.58. The largest absolute Gasteiger partial charge is 0.478 e. The summed E-state index contributed by atoms with van der Waals surface area (Å²) in [6.07, 6.45) is 8.54. The van der Waals surface area contributed by atoms with Gasteiger partial charge in [0.25, 0.3) is 0 Å². The van der Waals surface area contributed by atoms with E-state index in [-0.39, 0.29) is 5.56 Å². The summed E-state index contributed by atoms with van der Waals surface area (Å²) in [5.41, 5.74) is 1.12. The Morgan fingerprint density at radius 3 is 2.47 bits per heavy atom. The second-order valence-corrected chi connectivity index (χ2v) is 5.34. The van der Waals surface area contributed by atoms with Crippen LogP contribution in [0.3, 0.4) is 0 Å². The lowest BCUT2D eigenvalue weighted by Crippen LogP contribution is -2.23. The molecule has 4 heteroatoms. The first kappa shape index (κ1) is 13.8. The Morgan fingerprint density at radius 1 is 1.21 bits per heavy atom. The molecule has 1 aliphatic rings. The second-order valence-electron chi connectivity index (χ2n) is 5.34. The lowest BCUT2D eigenvalue weighted by Gasteiger charge is -2.22. The van der Waals surface area contributed by atoms with Crippen molar-refractivity contribution in [1.29, 1.82) is 0 Å². The molecule has 0 aliphatic heterocycles. The molecule has 0 atom stereocenters. The number of carbonyl (C=O) groups is 1. The van der Waals surface area contributed by atoms with Crippen molar-refractivity contribution in [3.05, 3.63) is 23.4 Å². The van der Waals surface area contributed by atoms with Crippen LogP contribution in [0.15, 0.2) is 12.1 Å². The lowest BCUT2D eigenvalue weighted by atomic mass is 9.96. The average molecular weight is 262 g/mol.